The smallest absolute Gasteiger partial charge is 0.264 e. The zero-order chi connectivity index (χ0) is 18.4. The van der Waals surface area contributed by atoms with Crippen LogP contribution in [-0.2, 0) is 5.75 Å². The summed E-state index contributed by atoms with van der Waals surface area (Å²) in [6.07, 6.45) is 0. The molecule has 3 N–H and O–H groups in total. The van der Waals surface area contributed by atoms with Crippen LogP contribution in [-0.4, -0.2) is 27.7 Å². The van der Waals surface area contributed by atoms with Crippen LogP contribution in [0.5, 0.6) is 5.75 Å². The monoisotopic (exact) mass is 368 g/mol. The molecule has 3 aromatic rings. The fraction of sp³-hybridized carbons (Fsp3) is 0.167. The van der Waals surface area contributed by atoms with Crippen LogP contribution in [0.1, 0.15) is 18.1 Å². The fourth-order valence-corrected chi connectivity index (χ4v) is 3.02. The first-order chi connectivity index (χ1) is 12.7. The highest BCUT2D eigenvalue weighted by molar-refractivity contribution is 7.98. The average molecular weight is 368 g/mol. The maximum Gasteiger partial charge on any atom is 0.264 e. The minimum absolute atomic E-state index is 0.383. The second kappa shape index (κ2) is 8.39. The molecule has 0 aliphatic carbocycles. The van der Waals surface area contributed by atoms with E-state index in [1.54, 1.807) is 7.11 Å². The molecule has 8 heteroatoms. The van der Waals surface area contributed by atoms with Crippen molar-refractivity contribution < 1.29 is 4.74 Å². The third-order valence-electron chi connectivity index (χ3n) is 3.71. The molecule has 26 heavy (non-hydrogen) atoms. The van der Waals surface area contributed by atoms with Crippen LogP contribution in [0, 0.1) is 0 Å². The van der Waals surface area contributed by atoms with Gasteiger partial charge in [0, 0.05) is 5.75 Å². The number of aromatic nitrogens is 3. The van der Waals surface area contributed by atoms with Crippen LogP contribution in [0.15, 0.2) is 64.9 Å². The SMILES string of the molecule is COc1ccc(/C(C)=N/Nc2nnc(SCc3ccccc3)n2N)cc1. The summed E-state index contributed by atoms with van der Waals surface area (Å²) < 4.78 is 6.56. The first-order valence-corrected chi connectivity index (χ1v) is 8.98. The van der Waals surface area contributed by atoms with E-state index >= 15 is 0 Å². The summed E-state index contributed by atoms with van der Waals surface area (Å²) in [5, 5.41) is 13.1. The molecule has 0 bridgehead atoms. The van der Waals surface area contributed by atoms with Crippen LogP contribution in [0.3, 0.4) is 0 Å². The van der Waals surface area contributed by atoms with E-state index in [1.165, 1.54) is 22.0 Å². The van der Waals surface area contributed by atoms with Crippen molar-refractivity contribution in [1.82, 2.24) is 14.9 Å². The molecule has 134 valence electrons. The van der Waals surface area contributed by atoms with Crippen molar-refractivity contribution in [2.45, 2.75) is 17.8 Å². The molecule has 0 saturated heterocycles. The maximum atomic E-state index is 6.05. The van der Waals surface area contributed by atoms with E-state index in [4.69, 9.17) is 10.6 Å². The molecule has 0 aliphatic rings. The summed E-state index contributed by atoms with van der Waals surface area (Å²) in [6.45, 7) is 1.90. The highest BCUT2D eigenvalue weighted by atomic mass is 32.2. The van der Waals surface area contributed by atoms with Crippen molar-refractivity contribution in [3.8, 4) is 5.75 Å². The van der Waals surface area contributed by atoms with Crippen molar-refractivity contribution in [3.63, 3.8) is 0 Å². The fourth-order valence-electron chi connectivity index (χ4n) is 2.20. The Balaban J connectivity index is 1.63. The van der Waals surface area contributed by atoms with Crippen LogP contribution in [0.2, 0.25) is 0 Å². The number of hydrogen-bond donors (Lipinski definition) is 2. The van der Waals surface area contributed by atoms with Gasteiger partial charge in [-0.25, -0.2) is 10.1 Å². The van der Waals surface area contributed by atoms with Gasteiger partial charge in [-0.3, -0.25) is 0 Å². The number of ether oxygens (including phenoxy) is 1. The number of rotatable bonds is 7. The van der Waals surface area contributed by atoms with E-state index in [-0.39, 0.29) is 0 Å². The molecule has 2 aromatic carbocycles. The second-order valence-electron chi connectivity index (χ2n) is 5.49. The van der Waals surface area contributed by atoms with Gasteiger partial charge >= 0.3 is 0 Å². The number of anilines is 1. The molecule has 1 heterocycles. The number of nitrogens with one attached hydrogen (secondary N) is 1. The average Bonchev–Trinajstić information content (AvgIpc) is 3.05. The largest absolute Gasteiger partial charge is 0.497 e. The molecule has 1 aromatic heterocycles. The standard InChI is InChI=1S/C18H20N6OS/c1-13(15-8-10-16(25-2)11-9-15)20-21-17-22-23-18(24(17)19)26-12-14-6-4-3-5-7-14/h3-11H,12,19H2,1-2H3,(H,21,22)/b20-13+. The van der Waals surface area contributed by atoms with Gasteiger partial charge < -0.3 is 10.6 Å². The Bertz CT molecular complexity index is 876. The Morgan fingerprint density at radius 1 is 1.15 bits per heavy atom. The van der Waals surface area contributed by atoms with Gasteiger partial charge in [-0.05, 0) is 42.3 Å². The third-order valence-corrected chi connectivity index (χ3v) is 4.72. The zero-order valence-corrected chi connectivity index (χ0v) is 15.4. The van der Waals surface area contributed by atoms with Crippen LogP contribution in [0.4, 0.5) is 5.95 Å². The van der Waals surface area contributed by atoms with E-state index in [0.717, 1.165) is 22.8 Å². The third kappa shape index (κ3) is 4.34. The lowest BCUT2D eigenvalue weighted by molar-refractivity contribution is 0.415. The topological polar surface area (TPSA) is 90.3 Å². The molecule has 0 saturated carbocycles. The van der Waals surface area contributed by atoms with Crippen molar-refractivity contribution in [3.05, 3.63) is 65.7 Å². The number of hydrazone groups is 1. The first-order valence-electron chi connectivity index (χ1n) is 7.99. The predicted molar refractivity (Wildman–Crippen MR) is 105 cm³/mol. The van der Waals surface area contributed by atoms with E-state index in [9.17, 15) is 0 Å². The molecule has 0 spiro atoms. The van der Waals surface area contributed by atoms with Crippen LogP contribution < -0.4 is 16.0 Å². The van der Waals surface area contributed by atoms with Gasteiger partial charge in [0.1, 0.15) is 5.75 Å². The lowest BCUT2D eigenvalue weighted by Crippen LogP contribution is -2.13. The number of nitrogens with zero attached hydrogens (tertiary/aromatic N) is 4. The molecular formula is C18H20N6OS. The number of nitrogen functional groups attached to an aromatic ring is 1. The summed E-state index contributed by atoms with van der Waals surface area (Å²) >= 11 is 1.52. The lowest BCUT2D eigenvalue weighted by atomic mass is 10.1. The second-order valence-corrected chi connectivity index (χ2v) is 6.43. The van der Waals surface area contributed by atoms with E-state index in [2.05, 4.69) is 32.9 Å². The molecule has 0 unspecified atom stereocenters. The van der Waals surface area contributed by atoms with Gasteiger partial charge in [-0.1, -0.05) is 42.1 Å². The van der Waals surface area contributed by atoms with Gasteiger partial charge in [0.2, 0.25) is 5.16 Å². The Labute approximate surface area is 156 Å². The zero-order valence-electron chi connectivity index (χ0n) is 14.6. The molecule has 0 radical (unpaired) electrons. The number of thioether (sulfide) groups is 1. The van der Waals surface area contributed by atoms with Gasteiger partial charge in [0.15, 0.2) is 0 Å². The van der Waals surface area contributed by atoms with Gasteiger partial charge in [0.05, 0.1) is 12.8 Å². The first kappa shape index (κ1) is 17.8. The minimum atomic E-state index is 0.383. The molecule has 0 aliphatic heterocycles. The highest BCUT2D eigenvalue weighted by Crippen LogP contribution is 2.21. The van der Waals surface area contributed by atoms with Crippen molar-refractivity contribution in [2.75, 3.05) is 18.4 Å². The quantitative estimate of drug-likeness (QED) is 0.288. The Morgan fingerprint density at radius 2 is 1.88 bits per heavy atom. The highest BCUT2D eigenvalue weighted by Gasteiger charge is 2.10. The Hall–Kier alpha value is -3.00. The number of nitrogens with two attached hydrogens (primary N) is 1. The van der Waals surface area contributed by atoms with E-state index in [1.807, 2.05) is 49.4 Å². The number of hydrogen-bond acceptors (Lipinski definition) is 7. The predicted octanol–water partition coefficient (Wildman–Crippen LogP) is 3.13. The molecule has 3 rings (SSSR count). The van der Waals surface area contributed by atoms with Gasteiger partial charge in [-0.2, -0.15) is 5.10 Å². The molecule has 0 amide bonds. The Kier molecular flexibility index (Phi) is 5.75. The van der Waals surface area contributed by atoms with Crippen molar-refractivity contribution in [1.29, 1.82) is 0 Å². The number of methoxy groups -OCH3 is 1. The summed E-state index contributed by atoms with van der Waals surface area (Å²) in [5.41, 5.74) is 5.84. The van der Waals surface area contributed by atoms with Gasteiger partial charge in [0.25, 0.3) is 5.95 Å². The van der Waals surface area contributed by atoms with Crippen LogP contribution >= 0.6 is 11.8 Å². The molecular weight excluding hydrogens is 348 g/mol. The van der Waals surface area contributed by atoms with Gasteiger partial charge in [-0.15, -0.1) is 10.2 Å². The lowest BCUT2D eigenvalue weighted by Gasteiger charge is -2.05. The van der Waals surface area contributed by atoms with E-state index in [0.29, 0.717) is 11.1 Å². The van der Waals surface area contributed by atoms with Crippen molar-refractivity contribution >= 4 is 23.4 Å². The normalized spacial score (nSPS) is 11.4. The summed E-state index contributed by atoms with van der Waals surface area (Å²) in [6, 6.07) is 17.8. The minimum Gasteiger partial charge on any atom is -0.497 e. The molecule has 7 nitrogen and oxygen atoms in total. The van der Waals surface area contributed by atoms with Crippen molar-refractivity contribution in [2.24, 2.45) is 5.10 Å². The number of benzene rings is 2. The molecule has 0 fully saturated rings. The molecule has 0 atom stereocenters. The maximum absolute atomic E-state index is 6.05. The van der Waals surface area contributed by atoms with E-state index < -0.39 is 0 Å². The van der Waals surface area contributed by atoms with Crippen LogP contribution in [0.25, 0.3) is 0 Å². The summed E-state index contributed by atoms with van der Waals surface area (Å²) in [7, 11) is 1.64. The Morgan fingerprint density at radius 3 is 2.58 bits per heavy atom. The summed E-state index contributed by atoms with van der Waals surface area (Å²) in [4.78, 5) is 0. The summed E-state index contributed by atoms with van der Waals surface area (Å²) in [5.74, 6) is 8.01.